The average molecular weight is 345 g/mol. The van der Waals surface area contributed by atoms with Crippen LogP contribution >= 0.6 is 15.9 Å². The van der Waals surface area contributed by atoms with Gasteiger partial charge in [-0.05, 0) is 30.3 Å². The average Bonchev–Trinajstić information content (AvgIpc) is 2.84. The Morgan fingerprint density at radius 1 is 1.25 bits per heavy atom. The fraction of sp³-hybridized carbons (Fsp3) is 0.154. The summed E-state index contributed by atoms with van der Waals surface area (Å²) in [6.45, 7) is 0.0619. The van der Waals surface area contributed by atoms with Crippen molar-refractivity contribution in [1.82, 2.24) is 0 Å². The third-order valence-corrected chi connectivity index (χ3v) is 3.01. The van der Waals surface area contributed by atoms with E-state index in [0.717, 1.165) is 6.07 Å². The van der Waals surface area contributed by atoms with E-state index < -0.39 is 11.7 Å². The molecule has 0 saturated carbocycles. The lowest BCUT2D eigenvalue weighted by molar-refractivity contribution is -0.137. The third kappa shape index (κ3) is 3.33. The molecule has 0 unspecified atom stereocenters. The smallest absolute Gasteiger partial charge is 0.418 e. The molecule has 0 aliphatic carbocycles. The van der Waals surface area contributed by atoms with Crippen LogP contribution in [0.15, 0.2) is 39.2 Å². The van der Waals surface area contributed by atoms with Gasteiger partial charge in [0, 0.05) is 10.2 Å². The van der Waals surface area contributed by atoms with E-state index in [0.29, 0.717) is 10.2 Å². The van der Waals surface area contributed by atoms with Gasteiger partial charge in [-0.1, -0.05) is 15.9 Å². The van der Waals surface area contributed by atoms with Gasteiger partial charge in [-0.2, -0.15) is 18.4 Å². The van der Waals surface area contributed by atoms with Crippen LogP contribution in [-0.4, -0.2) is 0 Å². The summed E-state index contributed by atoms with van der Waals surface area (Å²) in [5, 5.41) is 11.3. The molecule has 0 aliphatic rings. The molecule has 7 heteroatoms. The summed E-state index contributed by atoms with van der Waals surface area (Å²) < 4.78 is 44.1. The Bertz CT molecular complexity index is 658. The second-order valence-corrected chi connectivity index (χ2v) is 4.83. The van der Waals surface area contributed by atoms with Crippen molar-refractivity contribution in [3.63, 3.8) is 0 Å². The maximum atomic E-state index is 12.9. The van der Waals surface area contributed by atoms with Crippen LogP contribution in [0, 0.1) is 11.3 Å². The quantitative estimate of drug-likeness (QED) is 0.888. The van der Waals surface area contributed by atoms with Gasteiger partial charge in [0.1, 0.15) is 11.8 Å². The van der Waals surface area contributed by atoms with Crippen molar-refractivity contribution in [2.75, 3.05) is 5.32 Å². The monoisotopic (exact) mass is 344 g/mol. The Kier molecular flexibility index (Phi) is 4.04. The van der Waals surface area contributed by atoms with Gasteiger partial charge >= 0.3 is 6.18 Å². The van der Waals surface area contributed by atoms with Crippen molar-refractivity contribution in [2.45, 2.75) is 12.7 Å². The Morgan fingerprint density at radius 2 is 2.00 bits per heavy atom. The molecule has 1 aromatic heterocycles. The molecule has 1 heterocycles. The van der Waals surface area contributed by atoms with E-state index in [1.807, 2.05) is 6.07 Å². The summed E-state index contributed by atoms with van der Waals surface area (Å²) in [6, 6.07) is 8.66. The Morgan fingerprint density at radius 3 is 2.60 bits per heavy atom. The summed E-state index contributed by atoms with van der Waals surface area (Å²) in [6.07, 6.45) is -4.45. The molecule has 2 aromatic rings. The van der Waals surface area contributed by atoms with Gasteiger partial charge in [-0.3, -0.25) is 0 Å². The largest absolute Gasteiger partial charge is 0.449 e. The Hall–Kier alpha value is -1.94. The van der Waals surface area contributed by atoms with E-state index in [9.17, 15) is 13.2 Å². The molecule has 1 N–H and O–H groups in total. The van der Waals surface area contributed by atoms with Crippen LogP contribution < -0.4 is 5.32 Å². The molecule has 0 aliphatic heterocycles. The lowest BCUT2D eigenvalue weighted by Crippen LogP contribution is -2.10. The topological polar surface area (TPSA) is 49.0 Å². The number of nitrogens with zero attached hydrogens (tertiary/aromatic N) is 1. The van der Waals surface area contributed by atoms with E-state index in [1.165, 1.54) is 24.3 Å². The lowest BCUT2D eigenvalue weighted by Gasteiger charge is -2.14. The molecule has 3 nitrogen and oxygen atoms in total. The molecule has 0 spiro atoms. The van der Waals surface area contributed by atoms with E-state index in [1.54, 1.807) is 0 Å². The van der Waals surface area contributed by atoms with Crippen LogP contribution in [0.25, 0.3) is 0 Å². The van der Waals surface area contributed by atoms with Crippen molar-refractivity contribution in [2.24, 2.45) is 0 Å². The molecular weight excluding hydrogens is 337 g/mol. The van der Waals surface area contributed by atoms with Crippen LogP contribution in [0.4, 0.5) is 18.9 Å². The summed E-state index contributed by atoms with van der Waals surface area (Å²) >= 11 is 3.02. The molecule has 0 fully saturated rings. The molecular formula is C13H8BrF3N2O. The highest BCUT2D eigenvalue weighted by Gasteiger charge is 2.33. The van der Waals surface area contributed by atoms with Gasteiger partial charge in [0.05, 0.1) is 12.1 Å². The Labute approximate surface area is 121 Å². The second kappa shape index (κ2) is 5.59. The van der Waals surface area contributed by atoms with Crippen molar-refractivity contribution >= 4 is 21.6 Å². The maximum absolute atomic E-state index is 12.9. The summed E-state index contributed by atoms with van der Waals surface area (Å²) in [5.74, 6) is 0.506. The highest BCUT2D eigenvalue weighted by atomic mass is 79.9. The number of hydrogen-bond acceptors (Lipinski definition) is 3. The molecule has 1 aromatic carbocycles. The van der Waals surface area contributed by atoms with Crippen molar-refractivity contribution < 1.29 is 17.6 Å². The van der Waals surface area contributed by atoms with E-state index in [-0.39, 0.29) is 18.0 Å². The van der Waals surface area contributed by atoms with Crippen LogP contribution in [0.1, 0.15) is 17.1 Å². The zero-order valence-electron chi connectivity index (χ0n) is 9.96. The number of alkyl halides is 3. The fourth-order valence-electron chi connectivity index (χ4n) is 1.62. The van der Waals surface area contributed by atoms with E-state index in [4.69, 9.17) is 9.68 Å². The first-order chi connectivity index (χ1) is 9.40. The molecule has 0 amide bonds. The molecule has 2 rings (SSSR count). The van der Waals surface area contributed by atoms with Crippen molar-refractivity contribution in [3.05, 3.63) is 51.9 Å². The minimum atomic E-state index is -4.45. The number of benzene rings is 1. The molecule has 0 saturated heterocycles. The van der Waals surface area contributed by atoms with E-state index >= 15 is 0 Å². The fourth-order valence-corrected chi connectivity index (χ4v) is 1.98. The molecule has 0 atom stereocenters. The number of nitriles is 1. The number of hydrogen-bond donors (Lipinski definition) is 1. The summed E-state index contributed by atoms with van der Waals surface area (Å²) in [4.78, 5) is 0. The van der Waals surface area contributed by atoms with Crippen LogP contribution in [0.5, 0.6) is 0 Å². The van der Waals surface area contributed by atoms with Crippen LogP contribution in [-0.2, 0) is 12.7 Å². The molecule has 104 valence electrons. The van der Waals surface area contributed by atoms with Gasteiger partial charge < -0.3 is 9.73 Å². The molecule has 20 heavy (non-hydrogen) atoms. The highest BCUT2D eigenvalue weighted by molar-refractivity contribution is 9.10. The lowest BCUT2D eigenvalue weighted by atomic mass is 10.1. The minimum Gasteiger partial charge on any atom is -0.449 e. The number of anilines is 1. The standard InChI is InChI=1S/C13H8BrF3N2O/c14-8-1-4-12(11(5-8)13(15,16)17)19-7-10-3-2-9(6-18)20-10/h1-5,19H,7H2. The summed E-state index contributed by atoms with van der Waals surface area (Å²) in [5.41, 5.74) is -0.811. The van der Waals surface area contributed by atoms with Crippen LogP contribution in [0.2, 0.25) is 0 Å². The predicted molar refractivity (Wildman–Crippen MR) is 69.9 cm³/mol. The first-order valence-electron chi connectivity index (χ1n) is 5.49. The van der Waals surface area contributed by atoms with Gasteiger partial charge in [-0.25, -0.2) is 0 Å². The van der Waals surface area contributed by atoms with Gasteiger partial charge in [0.2, 0.25) is 5.76 Å². The number of halogens is 4. The molecule has 0 bridgehead atoms. The van der Waals surface area contributed by atoms with Gasteiger partial charge in [0.15, 0.2) is 0 Å². The maximum Gasteiger partial charge on any atom is 0.418 e. The van der Waals surface area contributed by atoms with Crippen molar-refractivity contribution in [1.29, 1.82) is 5.26 Å². The summed E-state index contributed by atoms with van der Waals surface area (Å²) in [7, 11) is 0. The van der Waals surface area contributed by atoms with Gasteiger partial charge in [-0.15, -0.1) is 0 Å². The zero-order valence-corrected chi connectivity index (χ0v) is 11.5. The normalized spacial score (nSPS) is 11.2. The predicted octanol–water partition coefficient (Wildman–Crippen LogP) is 4.54. The first-order valence-corrected chi connectivity index (χ1v) is 6.29. The molecule has 0 radical (unpaired) electrons. The van der Waals surface area contributed by atoms with E-state index in [2.05, 4.69) is 21.2 Å². The second-order valence-electron chi connectivity index (χ2n) is 3.92. The third-order valence-electron chi connectivity index (χ3n) is 2.51. The zero-order chi connectivity index (χ0) is 14.8. The Balaban J connectivity index is 2.19. The number of rotatable bonds is 3. The van der Waals surface area contributed by atoms with Gasteiger partial charge in [0.25, 0.3) is 0 Å². The van der Waals surface area contributed by atoms with Crippen LogP contribution in [0.3, 0.4) is 0 Å². The highest BCUT2D eigenvalue weighted by Crippen LogP contribution is 2.36. The SMILES string of the molecule is N#Cc1ccc(CNc2ccc(Br)cc2C(F)(F)F)o1. The first kappa shape index (κ1) is 14.5. The number of furan rings is 1. The minimum absolute atomic E-state index is 0.0457. The van der Waals surface area contributed by atoms with Crippen molar-refractivity contribution in [3.8, 4) is 6.07 Å². The number of nitrogens with one attached hydrogen (secondary N) is 1.